The number of hydrogen-bond acceptors (Lipinski definition) is 4. The molecule has 0 heterocycles. The van der Waals surface area contributed by atoms with E-state index in [9.17, 15) is 9.59 Å². The molecule has 0 unspecified atom stereocenters. The Kier molecular flexibility index (Phi) is 7.80. The molecule has 0 aromatic rings. The summed E-state index contributed by atoms with van der Waals surface area (Å²) in [5.41, 5.74) is 0.180. The van der Waals surface area contributed by atoms with Crippen LogP contribution < -0.4 is 0 Å². The standard InChI is InChI=1S/C12H15ClO4/c1-9(5-6-10(2)13)12(15)17-8-4-7-16-11(3)14/h5-6H,1-2,4,7-8H2,3H3. The third-order valence-corrected chi connectivity index (χ3v) is 1.68. The van der Waals surface area contributed by atoms with E-state index in [0.29, 0.717) is 11.5 Å². The first-order valence-corrected chi connectivity index (χ1v) is 5.33. The van der Waals surface area contributed by atoms with Gasteiger partial charge in [-0.3, -0.25) is 4.79 Å². The maximum absolute atomic E-state index is 11.3. The first kappa shape index (κ1) is 15.4. The van der Waals surface area contributed by atoms with Gasteiger partial charge in [0.1, 0.15) is 0 Å². The second-order valence-corrected chi connectivity index (χ2v) is 3.62. The third-order valence-electron chi connectivity index (χ3n) is 1.55. The molecule has 0 atom stereocenters. The van der Waals surface area contributed by atoms with Crippen LogP contribution in [-0.2, 0) is 19.1 Å². The summed E-state index contributed by atoms with van der Waals surface area (Å²) in [4.78, 5) is 21.7. The minimum atomic E-state index is -0.540. The normalized spacial score (nSPS) is 10.0. The number of carbonyl (C=O) groups is 2. The van der Waals surface area contributed by atoms with Gasteiger partial charge in [0.15, 0.2) is 0 Å². The molecule has 0 N–H and O–H groups in total. The number of allylic oxidation sites excluding steroid dienone is 2. The molecule has 0 amide bonds. The highest BCUT2D eigenvalue weighted by atomic mass is 35.5. The molecule has 0 saturated heterocycles. The zero-order chi connectivity index (χ0) is 13.3. The lowest BCUT2D eigenvalue weighted by Gasteiger charge is -2.04. The van der Waals surface area contributed by atoms with E-state index in [4.69, 9.17) is 16.3 Å². The van der Waals surface area contributed by atoms with Crippen LogP contribution in [0.25, 0.3) is 0 Å². The molecule has 4 nitrogen and oxygen atoms in total. The summed E-state index contributed by atoms with van der Waals surface area (Å²) >= 11 is 5.48. The predicted octanol–water partition coefficient (Wildman–Crippen LogP) is 2.35. The third kappa shape index (κ3) is 9.38. The van der Waals surface area contributed by atoms with E-state index in [2.05, 4.69) is 17.9 Å². The van der Waals surface area contributed by atoms with Crippen molar-refractivity contribution in [2.24, 2.45) is 0 Å². The molecule has 0 spiro atoms. The first-order valence-electron chi connectivity index (χ1n) is 4.95. The molecule has 0 fully saturated rings. The smallest absolute Gasteiger partial charge is 0.337 e. The number of ether oxygens (including phenoxy) is 2. The molecule has 0 rings (SSSR count). The van der Waals surface area contributed by atoms with Gasteiger partial charge in [0, 0.05) is 18.4 Å². The zero-order valence-corrected chi connectivity index (χ0v) is 10.5. The van der Waals surface area contributed by atoms with Crippen molar-refractivity contribution in [2.75, 3.05) is 13.2 Å². The Morgan fingerprint density at radius 1 is 1.18 bits per heavy atom. The van der Waals surface area contributed by atoms with Crippen molar-refractivity contribution >= 4 is 23.5 Å². The van der Waals surface area contributed by atoms with Crippen LogP contribution in [0.4, 0.5) is 0 Å². The van der Waals surface area contributed by atoms with Crippen LogP contribution in [-0.4, -0.2) is 25.2 Å². The Morgan fingerprint density at radius 2 is 1.76 bits per heavy atom. The second-order valence-electron chi connectivity index (χ2n) is 3.13. The molecule has 0 bridgehead atoms. The van der Waals surface area contributed by atoms with Crippen molar-refractivity contribution in [2.45, 2.75) is 13.3 Å². The minimum absolute atomic E-state index is 0.167. The maximum Gasteiger partial charge on any atom is 0.337 e. The SMILES string of the molecule is C=C(Cl)C=CC(=C)C(=O)OCCCOC(C)=O. The number of esters is 2. The molecule has 0 aliphatic carbocycles. The molecule has 0 radical (unpaired) electrons. The highest BCUT2D eigenvalue weighted by Gasteiger charge is 2.04. The molecule has 0 aliphatic heterocycles. The van der Waals surface area contributed by atoms with Crippen molar-refractivity contribution in [3.05, 3.63) is 35.9 Å². The fourth-order valence-electron chi connectivity index (χ4n) is 0.791. The van der Waals surface area contributed by atoms with Crippen LogP contribution in [0, 0.1) is 0 Å². The Hall–Kier alpha value is -1.55. The van der Waals surface area contributed by atoms with E-state index < -0.39 is 5.97 Å². The first-order chi connectivity index (χ1) is 7.93. The van der Waals surface area contributed by atoms with E-state index in [-0.39, 0.29) is 24.8 Å². The molecule has 17 heavy (non-hydrogen) atoms. The molecular weight excluding hydrogens is 244 g/mol. The molecule has 0 aromatic carbocycles. The van der Waals surface area contributed by atoms with Gasteiger partial charge < -0.3 is 9.47 Å². The van der Waals surface area contributed by atoms with Crippen LogP contribution in [0.15, 0.2) is 35.9 Å². The van der Waals surface area contributed by atoms with Crippen molar-refractivity contribution < 1.29 is 19.1 Å². The second kappa shape index (κ2) is 8.58. The highest BCUT2D eigenvalue weighted by Crippen LogP contribution is 2.03. The average molecular weight is 259 g/mol. The van der Waals surface area contributed by atoms with Crippen LogP contribution in [0.1, 0.15) is 13.3 Å². The molecule has 0 saturated carbocycles. The summed E-state index contributed by atoms with van der Waals surface area (Å²) in [7, 11) is 0. The summed E-state index contributed by atoms with van der Waals surface area (Å²) in [6.07, 6.45) is 3.32. The van der Waals surface area contributed by atoms with Crippen LogP contribution in [0.3, 0.4) is 0 Å². The van der Waals surface area contributed by atoms with Crippen molar-refractivity contribution in [3.8, 4) is 0 Å². The summed E-state index contributed by atoms with van der Waals surface area (Å²) in [6.45, 7) is 8.64. The van der Waals surface area contributed by atoms with Gasteiger partial charge in [-0.25, -0.2) is 4.79 Å². The summed E-state index contributed by atoms with van der Waals surface area (Å²) in [6, 6.07) is 0. The Morgan fingerprint density at radius 3 is 2.29 bits per heavy atom. The Balaban J connectivity index is 3.75. The monoisotopic (exact) mass is 258 g/mol. The lowest BCUT2D eigenvalue weighted by Crippen LogP contribution is -2.09. The van der Waals surface area contributed by atoms with E-state index in [1.54, 1.807) is 0 Å². The van der Waals surface area contributed by atoms with Crippen LogP contribution in [0.2, 0.25) is 0 Å². The predicted molar refractivity (Wildman–Crippen MR) is 65.5 cm³/mol. The Labute approximate surface area is 106 Å². The van der Waals surface area contributed by atoms with Gasteiger partial charge >= 0.3 is 11.9 Å². The van der Waals surface area contributed by atoms with Crippen LogP contribution >= 0.6 is 11.6 Å². The molecule has 0 aromatic heterocycles. The van der Waals surface area contributed by atoms with Crippen LogP contribution in [0.5, 0.6) is 0 Å². The highest BCUT2D eigenvalue weighted by molar-refractivity contribution is 6.30. The largest absolute Gasteiger partial charge is 0.466 e. The van der Waals surface area contributed by atoms with Gasteiger partial charge in [-0.1, -0.05) is 24.8 Å². The number of halogens is 1. The quantitative estimate of drug-likeness (QED) is 0.304. The van der Waals surface area contributed by atoms with Crippen molar-refractivity contribution in [1.82, 2.24) is 0 Å². The topological polar surface area (TPSA) is 52.6 Å². The summed E-state index contributed by atoms with van der Waals surface area (Å²) < 4.78 is 9.53. The van der Waals surface area contributed by atoms with Gasteiger partial charge in [-0.15, -0.1) is 0 Å². The fraction of sp³-hybridized carbons (Fsp3) is 0.333. The lowest BCUT2D eigenvalue weighted by atomic mass is 10.3. The summed E-state index contributed by atoms with van der Waals surface area (Å²) in [5.74, 6) is -0.897. The van der Waals surface area contributed by atoms with Gasteiger partial charge in [-0.2, -0.15) is 0 Å². The van der Waals surface area contributed by atoms with Crippen molar-refractivity contribution in [3.63, 3.8) is 0 Å². The molecule has 0 aliphatic rings. The average Bonchev–Trinajstić information content (AvgIpc) is 2.24. The van der Waals surface area contributed by atoms with E-state index >= 15 is 0 Å². The molecular formula is C12H15ClO4. The zero-order valence-electron chi connectivity index (χ0n) is 9.70. The van der Waals surface area contributed by atoms with Gasteiger partial charge in [0.2, 0.25) is 0 Å². The fourth-order valence-corrected chi connectivity index (χ4v) is 0.854. The molecule has 5 heteroatoms. The van der Waals surface area contributed by atoms with E-state index in [1.807, 2.05) is 0 Å². The minimum Gasteiger partial charge on any atom is -0.466 e. The van der Waals surface area contributed by atoms with Crippen molar-refractivity contribution in [1.29, 1.82) is 0 Å². The van der Waals surface area contributed by atoms with E-state index in [1.165, 1.54) is 19.1 Å². The maximum atomic E-state index is 11.3. The number of rotatable bonds is 7. The summed E-state index contributed by atoms with van der Waals surface area (Å²) in [5, 5.41) is 0.300. The van der Waals surface area contributed by atoms with E-state index in [0.717, 1.165) is 0 Å². The van der Waals surface area contributed by atoms with Gasteiger partial charge in [0.25, 0.3) is 0 Å². The Bertz CT molecular complexity index is 344. The number of carbonyl (C=O) groups excluding carboxylic acids is 2. The van der Waals surface area contributed by atoms with Gasteiger partial charge in [0.05, 0.1) is 18.8 Å². The van der Waals surface area contributed by atoms with Gasteiger partial charge in [-0.05, 0) is 12.2 Å². The number of hydrogen-bond donors (Lipinski definition) is 0. The lowest BCUT2D eigenvalue weighted by molar-refractivity contribution is -0.142. The molecule has 94 valence electrons.